The number of aromatic nitrogens is 4. The van der Waals surface area contributed by atoms with Crippen molar-refractivity contribution in [3.05, 3.63) is 36.9 Å². The molecule has 0 aliphatic heterocycles. The summed E-state index contributed by atoms with van der Waals surface area (Å²) in [6, 6.07) is 0. The van der Waals surface area contributed by atoms with E-state index in [-0.39, 0.29) is 0 Å². The van der Waals surface area contributed by atoms with Crippen LogP contribution in [0, 0.1) is 0 Å². The van der Waals surface area contributed by atoms with Crippen molar-refractivity contribution in [2.45, 2.75) is 39.2 Å². The summed E-state index contributed by atoms with van der Waals surface area (Å²) >= 11 is 0. The van der Waals surface area contributed by atoms with E-state index in [4.69, 9.17) is 0 Å². The third kappa shape index (κ3) is 2.88. The second kappa shape index (κ2) is 6.19. The fourth-order valence-electron chi connectivity index (χ4n) is 2.00. The Kier molecular flexibility index (Phi) is 4.34. The number of nitrogens with zero attached hydrogens (tertiary/aromatic N) is 3. The molecule has 0 saturated heterocycles. The van der Waals surface area contributed by atoms with Crippen LogP contribution in [0.4, 0.5) is 0 Å². The Hall–Kier alpha value is -1.84. The molecule has 2 rings (SSSR count). The van der Waals surface area contributed by atoms with Gasteiger partial charge in [0, 0.05) is 31.6 Å². The number of unbranched alkanes of at least 4 members (excludes halogenated alkanes) is 2. The highest BCUT2D eigenvalue weighted by Gasteiger charge is 2.11. The predicted octanol–water partition coefficient (Wildman–Crippen LogP) is 3.19. The molecule has 0 spiro atoms. The lowest BCUT2D eigenvalue weighted by atomic mass is 10.2. The summed E-state index contributed by atoms with van der Waals surface area (Å²) < 4.78 is 2.02. The number of rotatable bonds is 7. The van der Waals surface area contributed by atoms with Gasteiger partial charge in [0.15, 0.2) is 0 Å². The van der Waals surface area contributed by atoms with Crippen molar-refractivity contribution in [3.63, 3.8) is 0 Å². The Morgan fingerprint density at radius 1 is 1.44 bits per heavy atom. The Morgan fingerprint density at radius 2 is 2.33 bits per heavy atom. The van der Waals surface area contributed by atoms with Crippen LogP contribution >= 0.6 is 0 Å². The fourth-order valence-corrected chi connectivity index (χ4v) is 2.00. The summed E-state index contributed by atoms with van der Waals surface area (Å²) in [4.78, 5) is 7.43. The number of aryl methyl sites for hydroxylation is 1. The van der Waals surface area contributed by atoms with Crippen LogP contribution in [-0.2, 0) is 13.0 Å². The maximum Gasteiger partial charge on any atom is 0.140 e. The van der Waals surface area contributed by atoms with E-state index in [1.807, 2.05) is 17.0 Å². The number of aromatic amines is 1. The zero-order valence-corrected chi connectivity index (χ0v) is 10.9. The molecule has 0 saturated carbocycles. The monoisotopic (exact) mass is 244 g/mol. The summed E-state index contributed by atoms with van der Waals surface area (Å²) in [5, 5.41) is 4.61. The van der Waals surface area contributed by atoms with E-state index in [1.54, 1.807) is 6.20 Å². The summed E-state index contributed by atoms with van der Waals surface area (Å²) in [7, 11) is 0. The van der Waals surface area contributed by atoms with Crippen LogP contribution in [0.25, 0.3) is 11.4 Å². The molecule has 0 radical (unpaired) electrons. The van der Waals surface area contributed by atoms with Gasteiger partial charge in [-0.15, -0.1) is 6.58 Å². The second-order valence-corrected chi connectivity index (χ2v) is 4.39. The molecule has 0 atom stereocenters. The average molecular weight is 244 g/mol. The SMILES string of the molecule is C=CCc1nn(CCCCC)cc1-c1ncc[nH]1. The van der Waals surface area contributed by atoms with Crippen LogP contribution in [0.1, 0.15) is 31.9 Å². The minimum atomic E-state index is 0.775. The molecule has 18 heavy (non-hydrogen) atoms. The minimum absolute atomic E-state index is 0.775. The molecule has 0 aromatic carbocycles. The number of hydrogen-bond donors (Lipinski definition) is 1. The molecule has 2 aromatic heterocycles. The Balaban J connectivity index is 2.19. The fraction of sp³-hybridized carbons (Fsp3) is 0.429. The molecule has 0 aliphatic carbocycles. The van der Waals surface area contributed by atoms with Crippen LogP contribution in [0.3, 0.4) is 0 Å². The van der Waals surface area contributed by atoms with Crippen molar-refractivity contribution >= 4 is 0 Å². The first-order valence-electron chi connectivity index (χ1n) is 6.52. The van der Waals surface area contributed by atoms with Gasteiger partial charge in [0.05, 0.1) is 11.3 Å². The van der Waals surface area contributed by atoms with Crippen LogP contribution in [-0.4, -0.2) is 19.7 Å². The lowest BCUT2D eigenvalue weighted by Crippen LogP contribution is -1.99. The molecule has 2 aromatic rings. The van der Waals surface area contributed by atoms with Gasteiger partial charge in [0.2, 0.25) is 0 Å². The van der Waals surface area contributed by atoms with E-state index in [0.717, 1.165) is 30.0 Å². The lowest BCUT2D eigenvalue weighted by Gasteiger charge is -1.98. The number of hydrogen-bond acceptors (Lipinski definition) is 2. The Labute approximate surface area is 108 Å². The average Bonchev–Trinajstić information content (AvgIpc) is 2.99. The molecular weight excluding hydrogens is 224 g/mol. The first kappa shape index (κ1) is 12.6. The van der Waals surface area contributed by atoms with E-state index >= 15 is 0 Å². The van der Waals surface area contributed by atoms with Crippen LogP contribution in [0.2, 0.25) is 0 Å². The highest BCUT2D eigenvalue weighted by atomic mass is 15.3. The zero-order chi connectivity index (χ0) is 12.8. The minimum Gasteiger partial charge on any atom is -0.345 e. The quantitative estimate of drug-likeness (QED) is 0.600. The topological polar surface area (TPSA) is 46.5 Å². The summed E-state index contributed by atoms with van der Waals surface area (Å²) in [5.41, 5.74) is 2.12. The highest BCUT2D eigenvalue weighted by molar-refractivity contribution is 5.57. The molecule has 0 amide bonds. The molecule has 4 heteroatoms. The normalized spacial score (nSPS) is 10.7. The van der Waals surface area contributed by atoms with Gasteiger partial charge < -0.3 is 4.98 Å². The summed E-state index contributed by atoms with van der Waals surface area (Å²) in [6.07, 6.45) is 12.0. The molecule has 96 valence electrons. The third-order valence-electron chi connectivity index (χ3n) is 2.92. The highest BCUT2D eigenvalue weighted by Crippen LogP contribution is 2.20. The number of H-pyrrole nitrogens is 1. The molecule has 4 nitrogen and oxygen atoms in total. The van der Waals surface area contributed by atoms with Gasteiger partial charge in [0.1, 0.15) is 5.82 Å². The lowest BCUT2D eigenvalue weighted by molar-refractivity contribution is 0.549. The van der Waals surface area contributed by atoms with Gasteiger partial charge >= 0.3 is 0 Å². The molecule has 0 aliphatic rings. The van der Waals surface area contributed by atoms with Crippen molar-refractivity contribution in [1.82, 2.24) is 19.7 Å². The van der Waals surface area contributed by atoms with Gasteiger partial charge in [-0.2, -0.15) is 5.10 Å². The smallest absolute Gasteiger partial charge is 0.140 e. The number of imidazole rings is 1. The van der Waals surface area contributed by atoms with E-state index in [1.165, 1.54) is 19.3 Å². The first-order valence-corrected chi connectivity index (χ1v) is 6.52. The Bertz CT molecular complexity index is 482. The first-order chi connectivity index (χ1) is 8.85. The van der Waals surface area contributed by atoms with Crippen molar-refractivity contribution in [3.8, 4) is 11.4 Å². The van der Waals surface area contributed by atoms with Gasteiger partial charge in [0.25, 0.3) is 0 Å². The van der Waals surface area contributed by atoms with Crippen molar-refractivity contribution in [2.24, 2.45) is 0 Å². The standard InChI is InChI=1S/C14H20N4/c1-3-5-6-10-18-11-12(13(17-18)7-4-2)14-15-8-9-16-14/h4,8-9,11H,2-3,5-7,10H2,1H3,(H,15,16). The summed E-state index contributed by atoms with van der Waals surface area (Å²) in [6.45, 7) is 6.96. The van der Waals surface area contributed by atoms with E-state index in [2.05, 4.69) is 34.8 Å². The van der Waals surface area contributed by atoms with Crippen LogP contribution < -0.4 is 0 Å². The van der Waals surface area contributed by atoms with Crippen LogP contribution in [0.15, 0.2) is 31.2 Å². The molecule has 0 unspecified atom stereocenters. The van der Waals surface area contributed by atoms with E-state index in [0.29, 0.717) is 0 Å². The van der Waals surface area contributed by atoms with Gasteiger partial charge in [-0.25, -0.2) is 4.98 Å². The summed E-state index contributed by atoms with van der Waals surface area (Å²) in [5.74, 6) is 0.883. The molecular formula is C14H20N4. The zero-order valence-electron chi connectivity index (χ0n) is 10.9. The number of nitrogens with one attached hydrogen (secondary N) is 1. The Morgan fingerprint density at radius 3 is 3.00 bits per heavy atom. The predicted molar refractivity (Wildman–Crippen MR) is 73.2 cm³/mol. The van der Waals surface area contributed by atoms with Gasteiger partial charge in [-0.3, -0.25) is 4.68 Å². The third-order valence-corrected chi connectivity index (χ3v) is 2.92. The van der Waals surface area contributed by atoms with Crippen molar-refractivity contribution < 1.29 is 0 Å². The van der Waals surface area contributed by atoms with Crippen LogP contribution in [0.5, 0.6) is 0 Å². The molecule has 0 fully saturated rings. The molecule has 2 heterocycles. The largest absolute Gasteiger partial charge is 0.345 e. The van der Waals surface area contributed by atoms with E-state index in [9.17, 15) is 0 Å². The maximum atomic E-state index is 4.61. The number of allylic oxidation sites excluding steroid dienone is 1. The van der Waals surface area contributed by atoms with Gasteiger partial charge in [-0.1, -0.05) is 25.8 Å². The van der Waals surface area contributed by atoms with Crippen molar-refractivity contribution in [2.75, 3.05) is 0 Å². The molecule has 1 N–H and O–H groups in total. The maximum absolute atomic E-state index is 4.61. The van der Waals surface area contributed by atoms with Crippen molar-refractivity contribution in [1.29, 1.82) is 0 Å². The van der Waals surface area contributed by atoms with E-state index < -0.39 is 0 Å². The second-order valence-electron chi connectivity index (χ2n) is 4.39. The molecule has 0 bridgehead atoms. The van der Waals surface area contributed by atoms with Gasteiger partial charge in [-0.05, 0) is 6.42 Å².